The number of carbonyl (C=O) groups excluding carboxylic acids is 1. The van der Waals surface area contributed by atoms with Crippen molar-refractivity contribution in [3.8, 4) is 0 Å². The molecule has 0 aliphatic carbocycles. The number of rotatable bonds is 3. The summed E-state index contributed by atoms with van der Waals surface area (Å²) in [5, 5.41) is 3.55. The van der Waals surface area contributed by atoms with Crippen LogP contribution in [0, 0.1) is 6.92 Å². The zero-order valence-corrected chi connectivity index (χ0v) is 8.64. The van der Waals surface area contributed by atoms with Crippen LogP contribution in [-0.2, 0) is 4.74 Å². The normalized spacial score (nSPS) is 12.5. The Labute approximate surface area is 82.4 Å². The van der Waals surface area contributed by atoms with Gasteiger partial charge >= 0.3 is 0 Å². The lowest BCUT2D eigenvalue weighted by Crippen LogP contribution is -2.33. The Bertz CT molecular complexity index is 303. The summed E-state index contributed by atoms with van der Waals surface area (Å²) in [6, 6.07) is 0. The van der Waals surface area contributed by atoms with Gasteiger partial charge in [-0.15, -0.1) is 11.3 Å². The van der Waals surface area contributed by atoms with Crippen molar-refractivity contribution in [1.29, 1.82) is 0 Å². The van der Waals surface area contributed by atoms with Crippen LogP contribution < -0.4 is 5.32 Å². The molecular weight excluding hydrogens is 188 g/mol. The van der Waals surface area contributed by atoms with E-state index in [1.54, 1.807) is 20.2 Å². The van der Waals surface area contributed by atoms with Gasteiger partial charge in [0.25, 0.3) is 5.91 Å². The first-order chi connectivity index (χ1) is 6.13. The zero-order chi connectivity index (χ0) is 9.84. The van der Waals surface area contributed by atoms with E-state index in [0.717, 1.165) is 5.01 Å². The number of ether oxygens (including phenoxy) is 1. The van der Waals surface area contributed by atoms with Gasteiger partial charge in [-0.25, -0.2) is 4.98 Å². The van der Waals surface area contributed by atoms with Crippen LogP contribution in [-0.4, -0.2) is 24.2 Å². The Morgan fingerprint density at radius 1 is 1.85 bits per heavy atom. The second kappa shape index (κ2) is 4.34. The number of nitrogens with zero attached hydrogens (tertiary/aromatic N) is 1. The average Bonchev–Trinajstić information content (AvgIpc) is 2.51. The number of hydrogen-bond acceptors (Lipinski definition) is 4. The van der Waals surface area contributed by atoms with Crippen molar-refractivity contribution in [1.82, 2.24) is 10.3 Å². The maximum absolute atomic E-state index is 11.4. The van der Waals surface area contributed by atoms with Gasteiger partial charge in [0.2, 0.25) is 0 Å². The number of aromatic nitrogens is 1. The lowest BCUT2D eigenvalue weighted by Gasteiger charge is -2.09. The van der Waals surface area contributed by atoms with E-state index in [2.05, 4.69) is 10.3 Å². The average molecular weight is 202 g/mol. The molecule has 13 heavy (non-hydrogen) atoms. The summed E-state index contributed by atoms with van der Waals surface area (Å²) < 4.78 is 4.90. The highest BCUT2D eigenvalue weighted by Crippen LogP contribution is 2.11. The van der Waals surface area contributed by atoms with Crippen LogP contribution in [0.15, 0.2) is 6.20 Å². The predicted molar refractivity (Wildman–Crippen MR) is 52.9 cm³/mol. The third-order valence-electron chi connectivity index (χ3n) is 1.53. The predicted octanol–water partition coefficient (Wildman–Crippen LogP) is 1.42. The molecule has 0 spiro atoms. The monoisotopic (exact) mass is 202 g/mol. The summed E-state index contributed by atoms with van der Waals surface area (Å²) in [4.78, 5) is 16.0. The fourth-order valence-electron chi connectivity index (χ4n) is 0.781. The van der Waals surface area contributed by atoms with E-state index in [1.807, 2.05) is 6.92 Å². The number of aryl methyl sites for hydroxylation is 1. The van der Waals surface area contributed by atoms with Crippen LogP contribution in [0.4, 0.5) is 0 Å². The molecule has 1 rings (SSSR count). The fraction of sp³-hybridized carbons (Fsp3) is 0.500. The molecule has 0 fully saturated rings. The van der Waals surface area contributed by atoms with Gasteiger partial charge in [0.1, 0.15) is 11.1 Å². The summed E-state index contributed by atoms with van der Waals surface area (Å²) >= 11 is 1.37. The molecule has 1 heterocycles. The Morgan fingerprint density at radius 2 is 2.54 bits per heavy atom. The maximum atomic E-state index is 11.4. The van der Waals surface area contributed by atoms with Gasteiger partial charge in [0.15, 0.2) is 0 Å². The topological polar surface area (TPSA) is 51.2 Å². The molecule has 0 saturated carbocycles. The van der Waals surface area contributed by atoms with Gasteiger partial charge in [-0.2, -0.15) is 0 Å². The first-order valence-electron chi connectivity index (χ1n) is 3.89. The van der Waals surface area contributed by atoms with Gasteiger partial charge in [-0.3, -0.25) is 4.79 Å². The van der Waals surface area contributed by atoms with Gasteiger partial charge in [-0.1, -0.05) is 0 Å². The van der Waals surface area contributed by atoms with Crippen molar-refractivity contribution >= 4 is 17.2 Å². The molecule has 0 aromatic carbocycles. The molecule has 74 valence electrons. The molecule has 0 aliphatic rings. The summed E-state index contributed by atoms with van der Waals surface area (Å²) in [5.41, 5.74) is 0. The molecule has 1 atom stereocenters. The summed E-state index contributed by atoms with van der Waals surface area (Å²) in [6.45, 7) is 3.63. The minimum absolute atomic E-state index is 0. The van der Waals surface area contributed by atoms with Crippen LogP contribution in [0.5, 0.6) is 0 Å². The number of amides is 1. The van der Waals surface area contributed by atoms with E-state index >= 15 is 0 Å². The van der Waals surface area contributed by atoms with E-state index in [0.29, 0.717) is 4.88 Å². The Hall–Kier alpha value is -0.940. The number of nitrogens with one attached hydrogen (secondary N) is 1. The number of methoxy groups -OCH3 is 1. The minimum atomic E-state index is -0.269. The molecular formula is C8H14N2O2S. The highest BCUT2D eigenvalue weighted by Gasteiger charge is 2.10. The molecule has 4 nitrogen and oxygen atoms in total. The molecule has 5 heteroatoms. The molecule has 0 bridgehead atoms. The zero-order valence-electron chi connectivity index (χ0n) is 7.83. The Kier molecular flexibility index (Phi) is 3.39. The fourth-order valence-corrected chi connectivity index (χ4v) is 1.46. The van der Waals surface area contributed by atoms with Crippen molar-refractivity contribution in [2.45, 2.75) is 20.1 Å². The molecule has 0 saturated heterocycles. The van der Waals surface area contributed by atoms with Crippen LogP contribution >= 0.6 is 11.3 Å². The molecule has 0 radical (unpaired) electrons. The van der Waals surface area contributed by atoms with Crippen molar-refractivity contribution < 1.29 is 11.0 Å². The standard InChI is InChI=1S/C8H12N2O2S.H2/c1-5(12-3)10-8(11)7-4-9-6(2)13-7;/h4-5H,1-3H3,(H,10,11);1H/t5-;/m0./s1. The van der Waals surface area contributed by atoms with Crippen LogP contribution in [0.25, 0.3) is 0 Å². The molecule has 1 N–H and O–H groups in total. The second-order valence-electron chi connectivity index (χ2n) is 2.59. The van der Waals surface area contributed by atoms with Crippen LogP contribution in [0.2, 0.25) is 0 Å². The lowest BCUT2D eigenvalue weighted by atomic mass is 10.5. The first-order valence-corrected chi connectivity index (χ1v) is 4.71. The van der Waals surface area contributed by atoms with Gasteiger partial charge in [0, 0.05) is 8.54 Å². The smallest absolute Gasteiger partial charge is 0.264 e. The molecule has 1 aromatic heterocycles. The SMILES string of the molecule is CO[C@@H](C)NC(=O)c1cnc(C)s1.[HH]. The van der Waals surface area contributed by atoms with Crippen LogP contribution in [0.1, 0.15) is 23.0 Å². The first kappa shape index (κ1) is 10.1. The van der Waals surface area contributed by atoms with Crippen molar-refractivity contribution in [2.75, 3.05) is 7.11 Å². The van der Waals surface area contributed by atoms with Gasteiger partial charge < -0.3 is 10.1 Å². The number of hydrogen-bond donors (Lipinski definition) is 1. The molecule has 0 aliphatic heterocycles. The van der Waals surface area contributed by atoms with E-state index in [1.165, 1.54) is 11.3 Å². The van der Waals surface area contributed by atoms with Crippen LogP contribution in [0.3, 0.4) is 0 Å². The van der Waals surface area contributed by atoms with E-state index in [4.69, 9.17) is 4.74 Å². The van der Waals surface area contributed by atoms with E-state index in [-0.39, 0.29) is 13.6 Å². The number of carbonyl (C=O) groups is 1. The maximum Gasteiger partial charge on any atom is 0.264 e. The quantitative estimate of drug-likeness (QED) is 0.754. The molecule has 1 aromatic rings. The van der Waals surface area contributed by atoms with Crippen molar-refractivity contribution in [3.63, 3.8) is 0 Å². The second-order valence-corrected chi connectivity index (χ2v) is 3.83. The van der Waals surface area contributed by atoms with E-state index in [9.17, 15) is 4.79 Å². The Balaban J connectivity index is 0.00000169. The number of thiazole rings is 1. The Morgan fingerprint density at radius 3 is 3.00 bits per heavy atom. The lowest BCUT2D eigenvalue weighted by molar-refractivity contribution is 0.0661. The third-order valence-corrected chi connectivity index (χ3v) is 2.44. The van der Waals surface area contributed by atoms with Gasteiger partial charge in [0.05, 0.1) is 11.2 Å². The minimum Gasteiger partial charge on any atom is -0.362 e. The highest BCUT2D eigenvalue weighted by atomic mass is 32.1. The summed E-state index contributed by atoms with van der Waals surface area (Å²) in [5.74, 6) is -0.139. The van der Waals surface area contributed by atoms with Crippen molar-refractivity contribution in [2.24, 2.45) is 0 Å². The van der Waals surface area contributed by atoms with E-state index < -0.39 is 0 Å². The summed E-state index contributed by atoms with van der Waals surface area (Å²) in [6.07, 6.45) is 1.30. The van der Waals surface area contributed by atoms with Gasteiger partial charge in [-0.05, 0) is 13.8 Å². The highest BCUT2D eigenvalue weighted by molar-refractivity contribution is 7.13. The molecule has 0 unspecified atom stereocenters. The largest absolute Gasteiger partial charge is 0.362 e. The summed E-state index contributed by atoms with van der Waals surface area (Å²) in [7, 11) is 1.54. The molecule has 1 amide bonds. The van der Waals surface area contributed by atoms with Crippen molar-refractivity contribution in [3.05, 3.63) is 16.1 Å². The third kappa shape index (κ3) is 2.78.